The summed E-state index contributed by atoms with van der Waals surface area (Å²) in [6.07, 6.45) is 1.94. The molecule has 0 saturated heterocycles. The Labute approximate surface area is 297 Å². The van der Waals surface area contributed by atoms with Crippen LogP contribution in [0.3, 0.4) is 0 Å². The first kappa shape index (κ1) is 31.6. The fraction of sp³-hybridized carbons (Fsp3) is 0.0952. The molecule has 0 fully saturated rings. The van der Waals surface area contributed by atoms with Gasteiger partial charge >= 0.3 is 21.1 Å². The van der Waals surface area contributed by atoms with Crippen LogP contribution in [0.5, 0.6) is 0 Å². The van der Waals surface area contributed by atoms with Crippen molar-refractivity contribution in [3.05, 3.63) is 162 Å². The fourth-order valence-electron chi connectivity index (χ4n) is 6.92. The molecule has 234 valence electrons. The van der Waals surface area contributed by atoms with Crippen LogP contribution in [0, 0.1) is 39.8 Å². The molecular formula is C42H33BN4Pt. The Kier molecular flexibility index (Phi) is 8.49. The summed E-state index contributed by atoms with van der Waals surface area (Å²) in [6.45, 7) is 8.31. The van der Waals surface area contributed by atoms with Gasteiger partial charge < -0.3 is 14.5 Å². The van der Waals surface area contributed by atoms with Crippen LogP contribution in [0.1, 0.15) is 22.5 Å². The molecule has 5 aromatic carbocycles. The van der Waals surface area contributed by atoms with Gasteiger partial charge in [-0.3, -0.25) is 4.98 Å². The monoisotopic (exact) mass is 799 g/mol. The normalized spacial score (nSPS) is 11.9. The number of benzene rings is 5. The van der Waals surface area contributed by atoms with Crippen LogP contribution in [-0.2, 0) is 21.1 Å². The predicted molar refractivity (Wildman–Crippen MR) is 195 cm³/mol. The third-order valence-corrected chi connectivity index (χ3v) is 9.18. The standard InChI is InChI=1S/C42H33BN4.Pt/c1-28-24-29(2)41(44-27-28)32-14-13-15-34(25-32)43-37-20-11-12-21-39(37)47(36-18-9-6-10-19-36)40-23-22-33(26-38(40)43)42-45-30(3)31(4)46(42)35-16-7-5-8-17-35;/h5-24,27H,1-4H3;/q-2;+2. The molecule has 1 aliphatic heterocycles. The van der Waals surface area contributed by atoms with Crippen molar-refractivity contribution in [2.75, 3.05) is 4.90 Å². The molecular weight excluding hydrogens is 766 g/mol. The molecule has 0 aliphatic carbocycles. The molecule has 0 N–H and O–H groups in total. The quantitative estimate of drug-likeness (QED) is 0.132. The van der Waals surface area contributed by atoms with Gasteiger partial charge in [-0.25, -0.2) is 0 Å². The third kappa shape index (κ3) is 5.43. The molecule has 6 heteroatoms. The van der Waals surface area contributed by atoms with Crippen molar-refractivity contribution in [3.8, 4) is 28.3 Å². The Morgan fingerprint density at radius 3 is 2.10 bits per heavy atom. The van der Waals surface area contributed by atoms with Gasteiger partial charge in [-0.2, -0.15) is 5.46 Å². The average molecular weight is 800 g/mol. The first-order valence-corrected chi connectivity index (χ1v) is 16.1. The van der Waals surface area contributed by atoms with E-state index >= 15 is 0 Å². The maximum atomic E-state index is 5.10. The maximum absolute atomic E-state index is 5.10. The molecule has 0 amide bonds. The number of anilines is 3. The van der Waals surface area contributed by atoms with Crippen LogP contribution in [0.2, 0.25) is 0 Å². The van der Waals surface area contributed by atoms with Gasteiger partial charge in [0.25, 0.3) is 0 Å². The average Bonchev–Trinajstić information content (AvgIpc) is 3.41. The molecule has 2 aromatic heterocycles. The van der Waals surface area contributed by atoms with Crippen LogP contribution in [-0.4, -0.2) is 21.2 Å². The summed E-state index contributed by atoms with van der Waals surface area (Å²) in [4.78, 5) is 12.3. The van der Waals surface area contributed by atoms with Crippen molar-refractivity contribution in [2.24, 2.45) is 0 Å². The number of rotatable bonds is 5. The minimum Gasteiger partial charge on any atom is -0.353 e. The molecule has 0 unspecified atom stereocenters. The van der Waals surface area contributed by atoms with Gasteiger partial charge in [0.2, 0.25) is 6.71 Å². The largest absolute Gasteiger partial charge is 2.00 e. The molecule has 0 atom stereocenters. The Hall–Kier alpha value is -4.99. The number of pyridine rings is 1. The summed E-state index contributed by atoms with van der Waals surface area (Å²) in [5.41, 5.74) is 15.1. The second-order valence-electron chi connectivity index (χ2n) is 12.3. The van der Waals surface area contributed by atoms with E-state index in [1.807, 2.05) is 12.3 Å². The first-order chi connectivity index (χ1) is 23.0. The molecule has 0 bridgehead atoms. The van der Waals surface area contributed by atoms with Gasteiger partial charge in [0, 0.05) is 34.6 Å². The Balaban J connectivity index is 0.00000364. The van der Waals surface area contributed by atoms with Crippen LogP contribution >= 0.6 is 0 Å². The van der Waals surface area contributed by atoms with Gasteiger partial charge in [-0.1, -0.05) is 66.2 Å². The van der Waals surface area contributed by atoms with Gasteiger partial charge in [0.1, 0.15) is 0 Å². The van der Waals surface area contributed by atoms with Crippen LogP contribution in [0.25, 0.3) is 28.3 Å². The number of para-hydroxylation sites is 3. The molecule has 48 heavy (non-hydrogen) atoms. The summed E-state index contributed by atoms with van der Waals surface area (Å²) in [7, 11) is 0. The summed E-state index contributed by atoms with van der Waals surface area (Å²) < 4.78 is 2.24. The second-order valence-corrected chi connectivity index (χ2v) is 12.3. The van der Waals surface area contributed by atoms with Gasteiger partial charge in [-0.05, 0) is 80.4 Å². The molecule has 0 spiro atoms. The Bertz CT molecular complexity index is 2260. The SMILES string of the molecule is Cc1cnc(-c2[c-]c(B3c4[c-]c(-c5nc(C)c(C)n5-c5ccccc5)ccc4N(c4ccccc4)c4ccccc43)ccc2)c(C)c1.[Pt+2]. The molecule has 3 heterocycles. The summed E-state index contributed by atoms with van der Waals surface area (Å²) in [5.74, 6) is 0.884. The summed E-state index contributed by atoms with van der Waals surface area (Å²) in [5, 5.41) is 0. The summed E-state index contributed by atoms with van der Waals surface area (Å²) >= 11 is 0. The van der Waals surface area contributed by atoms with E-state index in [-0.39, 0.29) is 27.8 Å². The Morgan fingerprint density at radius 2 is 1.35 bits per heavy atom. The number of aryl methyl sites for hydroxylation is 3. The van der Waals surface area contributed by atoms with E-state index in [4.69, 9.17) is 9.97 Å². The molecule has 0 saturated carbocycles. The van der Waals surface area contributed by atoms with E-state index in [9.17, 15) is 0 Å². The van der Waals surface area contributed by atoms with E-state index in [1.54, 1.807) is 0 Å². The molecule has 8 rings (SSSR count). The van der Waals surface area contributed by atoms with Gasteiger partial charge in [-0.15, -0.1) is 59.1 Å². The van der Waals surface area contributed by atoms with Crippen LogP contribution in [0.15, 0.2) is 128 Å². The van der Waals surface area contributed by atoms with E-state index in [0.717, 1.165) is 78.8 Å². The van der Waals surface area contributed by atoms with Crippen LogP contribution in [0.4, 0.5) is 17.1 Å². The van der Waals surface area contributed by atoms with Crippen LogP contribution < -0.4 is 21.3 Å². The van der Waals surface area contributed by atoms with Gasteiger partial charge in [0.15, 0.2) is 0 Å². The molecule has 4 nitrogen and oxygen atoms in total. The number of hydrogen-bond acceptors (Lipinski definition) is 3. The zero-order chi connectivity index (χ0) is 32.1. The van der Waals surface area contributed by atoms with Crippen molar-refractivity contribution in [1.29, 1.82) is 0 Å². The van der Waals surface area contributed by atoms with Crippen molar-refractivity contribution in [1.82, 2.24) is 14.5 Å². The summed E-state index contributed by atoms with van der Waals surface area (Å²) in [6, 6.07) is 50.5. The van der Waals surface area contributed by atoms with E-state index < -0.39 is 0 Å². The van der Waals surface area contributed by atoms with E-state index in [0.29, 0.717) is 0 Å². The number of imidazole rings is 1. The van der Waals surface area contributed by atoms with Crippen molar-refractivity contribution in [3.63, 3.8) is 0 Å². The predicted octanol–water partition coefficient (Wildman–Crippen LogP) is 7.73. The Morgan fingerprint density at radius 1 is 0.646 bits per heavy atom. The minimum atomic E-state index is -0.103. The van der Waals surface area contributed by atoms with Crippen molar-refractivity contribution >= 4 is 40.2 Å². The smallest absolute Gasteiger partial charge is 0.353 e. The number of nitrogens with zero attached hydrogens (tertiary/aromatic N) is 4. The van der Waals surface area contributed by atoms with E-state index in [2.05, 4.69) is 165 Å². The minimum absolute atomic E-state index is 0. The number of hydrogen-bond donors (Lipinski definition) is 0. The first-order valence-electron chi connectivity index (χ1n) is 16.1. The van der Waals surface area contributed by atoms with Crippen molar-refractivity contribution < 1.29 is 21.1 Å². The topological polar surface area (TPSA) is 34.0 Å². The van der Waals surface area contributed by atoms with Gasteiger partial charge in [0.05, 0.1) is 5.82 Å². The molecule has 1 aliphatic rings. The second kappa shape index (κ2) is 12.9. The number of fused-ring (bicyclic) bond motifs is 2. The van der Waals surface area contributed by atoms with E-state index in [1.165, 1.54) is 5.46 Å². The third-order valence-electron chi connectivity index (χ3n) is 9.18. The molecule has 0 radical (unpaired) electrons. The zero-order valence-corrected chi connectivity index (χ0v) is 29.6. The molecule has 7 aromatic rings. The zero-order valence-electron chi connectivity index (χ0n) is 27.3. The van der Waals surface area contributed by atoms with Crippen molar-refractivity contribution in [2.45, 2.75) is 27.7 Å². The maximum Gasteiger partial charge on any atom is 2.00 e. The fourth-order valence-corrected chi connectivity index (χ4v) is 6.92. The number of aromatic nitrogens is 3.